The van der Waals surface area contributed by atoms with Gasteiger partial charge in [0.1, 0.15) is 0 Å². The lowest BCUT2D eigenvalue weighted by molar-refractivity contribution is 0.0684. The van der Waals surface area contributed by atoms with E-state index in [1.165, 1.54) is 6.26 Å². The summed E-state index contributed by atoms with van der Waals surface area (Å²) in [5.41, 5.74) is 1.23. The average molecular weight is 161 g/mol. The minimum absolute atomic E-state index is 0.430. The van der Waals surface area contributed by atoms with E-state index < -0.39 is 5.97 Å². The number of rotatable bonds is 1. The van der Waals surface area contributed by atoms with Gasteiger partial charge in [-0.2, -0.15) is 0 Å². The highest BCUT2D eigenvalue weighted by molar-refractivity contribution is 5.91. The number of nitrogens with zero attached hydrogens (tertiary/aromatic N) is 1. The van der Waals surface area contributed by atoms with Gasteiger partial charge in [-0.25, -0.2) is 4.79 Å². The van der Waals surface area contributed by atoms with Crippen molar-refractivity contribution in [2.24, 2.45) is 0 Å². The van der Waals surface area contributed by atoms with Gasteiger partial charge in [-0.1, -0.05) is 18.2 Å². The third kappa shape index (κ3) is 1.61. The van der Waals surface area contributed by atoms with Crippen molar-refractivity contribution in [2.75, 3.05) is 0 Å². The Kier molecular flexibility index (Phi) is 2.44. The Morgan fingerprint density at radius 2 is 2.17 bits per heavy atom. The van der Waals surface area contributed by atoms with E-state index in [9.17, 15) is 4.79 Å². The first-order chi connectivity index (χ1) is 5.75. The Morgan fingerprint density at radius 1 is 1.50 bits per heavy atom. The quantitative estimate of drug-likeness (QED) is 0.464. The molecule has 0 bridgehead atoms. The maximum atomic E-state index is 11.0. The van der Waals surface area contributed by atoms with Gasteiger partial charge in [0, 0.05) is 0 Å². The number of aryl methyl sites for hydroxylation is 1. The van der Waals surface area contributed by atoms with Crippen LogP contribution in [0.15, 0.2) is 24.3 Å². The SMILES string of the molecule is Cc1ccccc1C(=O)OC#N. The van der Waals surface area contributed by atoms with Crippen molar-refractivity contribution in [3.63, 3.8) is 0 Å². The van der Waals surface area contributed by atoms with E-state index in [1.807, 2.05) is 6.07 Å². The highest BCUT2D eigenvalue weighted by Gasteiger charge is 2.08. The zero-order valence-corrected chi connectivity index (χ0v) is 6.57. The smallest absolute Gasteiger partial charge is 0.347 e. The van der Waals surface area contributed by atoms with Crippen molar-refractivity contribution in [3.05, 3.63) is 35.4 Å². The number of carbonyl (C=O) groups excluding carboxylic acids is 1. The molecule has 0 atom stereocenters. The van der Waals surface area contributed by atoms with E-state index in [0.717, 1.165) is 5.56 Å². The zero-order valence-electron chi connectivity index (χ0n) is 6.57. The number of hydrogen-bond donors (Lipinski definition) is 0. The van der Waals surface area contributed by atoms with Crippen LogP contribution in [0.3, 0.4) is 0 Å². The summed E-state index contributed by atoms with van der Waals surface area (Å²) in [5, 5.41) is 8.10. The Morgan fingerprint density at radius 3 is 2.75 bits per heavy atom. The third-order valence-electron chi connectivity index (χ3n) is 1.50. The molecule has 0 aliphatic heterocycles. The van der Waals surface area contributed by atoms with Crippen molar-refractivity contribution >= 4 is 5.97 Å². The van der Waals surface area contributed by atoms with Crippen LogP contribution in [-0.4, -0.2) is 5.97 Å². The maximum absolute atomic E-state index is 11.0. The van der Waals surface area contributed by atoms with Gasteiger partial charge in [-0.15, -0.1) is 5.26 Å². The molecule has 0 amide bonds. The van der Waals surface area contributed by atoms with Gasteiger partial charge in [0.05, 0.1) is 5.56 Å². The first kappa shape index (κ1) is 8.28. The van der Waals surface area contributed by atoms with E-state index in [2.05, 4.69) is 4.74 Å². The van der Waals surface area contributed by atoms with Crippen LogP contribution in [-0.2, 0) is 4.74 Å². The standard InChI is InChI=1S/C9H7NO2/c1-7-4-2-3-5-8(7)9(11)12-6-10/h2-5H,1H3. The van der Waals surface area contributed by atoms with Gasteiger partial charge in [-0.05, 0) is 18.6 Å². The van der Waals surface area contributed by atoms with Crippen LogP contribution in [0.4, 0.5) is 0 Å². The average Bonchev–Trinajstić information content (AvgIpc) is 2.05. The van der Waals surface area contributed by atoms with E-state index in [-0.39, 0.29) is 0 Å². The summed E-state index contributed by atoms with van der Waals surface area (Å²) in [7, 11) is 0. The lowest BCUT2D eigenvalue weighted by atomic mass is 10.1. The fraction of sp³-hybridized carbons (Fsp3) is 0.111. The predicted octanol–water partition coefficient (Wildman–Crippen LogP) is 1.63. The minimum Gasteiger partial charge on any atom is -0.347 e. The molecule has 0 fully saturated rings. The van der Waals surface area contributed by atoms with Crippen LogP contribution in [0.1, 0.15) is 15.9 Å². The molecule has 3 heteroatoms. The van der Waals surface area contributed by atoms with Crippen LogP contribution >= 0.6 is 0 Å². The first-order valence-electron chi connectivity index (χ1n) is 3.41. The molecule has 60 valence electrons. The van der Waals surface area contributed by atoms with E-state index in [4.69, 9.17) is 5.26 Å². The monoisotopic (exact) mass is 161 g/mol. The summed E-state index contributed by atoms with van der Waals surface area (Å²) in [6.45, 7) is 1.79. The third-order valence-corrected chi connectivity index (χ3v) is 1.50. The summed E-state index contributed by atoms with van der Waals surface area (Å²) < 4.78 is 4.18. The topological polar surface area (TPSA) is 50.1 Å². The van der Waals surface area contributed by atoms with E-state index >= 15 is 0 Å². The molecular formula is C9H7NO2. The molecule has 1 aromatic rings. The maximum Gasteiger partial charge on any atom is 0.353 e. The van der Waals surface area contributed by atoms with Gasteiger partial charge in [-0.3, -0.25) is 0 Å². The second kappa shape index (κ2) is 3.54. The molecule has 0 heterocycles. The summed E-state index contributed by atoms with van der Waals surface area (Å²) in [6, 6.07) is 6.95. The second-order valence-corrected chi connectivity index (χ2v) is 2.30. The minimum atomic E-state index is -0.601. The number of esters is 1. The van der Waals surface area contributed by atoms with Crippen molar-refractivity contribution in [2.45, 2.75) is 6.92 Å². The Balaban J connectivity index is 2.97. The molecule has 0 spiro atoms. The highest BCUT2D eigenvalue weighted by atomic mass is 16.5. The largest absolute Gasteiger partial charge is 0.353 e. The molecular weight excluding hydrogens is 154 g/mol. The molecule has 0 aromatic heterocycles. The molecule has 0 radical (unpaired) electrons. The Labute approximate surface area is 70.2 Å². The van der Waals surface area contributed by atoms with Crippen LogP contribution < -0.4 is 0 Å². The molecule has 0 unspecified atom stereocenters. The number of hydrogen-bond acceptors (Lipinski definition) is 3. The Bertz CT molecular complexity index is 339. The molecule has 1 rings (SSSR count). The molecule has 0 aliphatic rings. The second-order valence-electron chi connectivity index (χ2n) is 2.30. The normalized spacial score (nSPS) is 8.67. The summed E-state index contributed by atoms with van der Waals surface area (Å²) in [4.78, 5) is 11.0. The zero-order chi connectivity index (χ0) is 8.97. The van der Waals surface area contributed by atoms with Gasteiger partial charge >= 0.3 is 5.97 Å². The lowest BCUT2D eigenvalue weighted by Crippen LogP contribution is -2.02. The fourth-order valence-electron chi connectivity index (χ4n) is 0.898. The fourth-order valence-corrected chi connectivity index (χ4v) is 0.898. The summed E-state index contributed by atoms with van der Waals surface area (Å²) >= 11 is 0. The molecule has 0 N–H and O–H groups in total. The van der Waals surface area contributed by atoms with Gasteiger partial charge in [0.2, 0.25) is 0 Å². The number of nitriles is 1. The first-order valence-corrected chi connectivity index (χ1v) is 3.41. The summed E-state index contributed by atoms with van der Waals surface area (Å²) in [6.07, 6.45) is 1.34. The molecule has 0 saturated carbocycles. The molecule has 3 nitrogen and oxygen atoms in total. The number of ether oxygens (including phenoxy) is 1. The molecule has 12 heavy (non-hydrogen) atoms. The van der Waals surface area contributed by atoms with Crippen molar-refractivity contribution in [1.82, 2.24) is 0 Å². The van der Waals surface area contributed by atoms with Gasteiger partial charge in [0.15, 0.2) is 0 Å². The molecule has 1 aromatic carbocycles. The predicted molar refractivity (Wildman–Crippen MR) is 42.2 cm³/mol. The van der Waals surface area contributed by atoms with Crippen LogP contribution in [0, 0.1) is 18.4 Å². The highest BCUT2D eigenvalue weighted by Crippen LogP contribution is 2.07. The van der Waals surface area contributed by atoms with Crippen LogP contribution in [0.2, 0.25) is 0 Å². The number of carbonyl (C=O) groups is 1. The van der Waals surface area contributed by atoms with E-state index in [1.54, 1.807) is 25.1 Å². The molecule has 0 aliphatic carbocycles. The molecule has 0 saturated heterocycles. The van der Waals surface area contributed by atoms with Crippen molar-refractivity contribution in [3.8, 4) is 6.26 Å². The van der Waals surface area contributed by atoms with Crippen LogP contribution in [0.25, 0.3) is 0 Å². The van der Waals surface area contributed by atoms with Gasteiger partial charge < -0.3 is 4.74 Å². The Hall–Kier alpha value is -1.82. The number of benzene rings is 1. The van der Waals surface area contributed by atoms with E-state index in [0.29, 0.717) is 5.56 Å². The lowest BCUT2D eigenvalue weighted by Gasteiger charge is -1.99. The van der Waals surface area contributed by atoms with Gasteiger partial charge in [0.25, 0.3) is 6.26 Å². The summed E-state index contributed by atoms with van der Waals surface area (Å²) in [5.74, 6) is -0.601. The van der Waals surface area contributed by atoms with Crippen molar-refractivity contribution < 1.29 is 9.53 Å². The van der Waals surface area contributed by atoms with Crippen LogP contribution in [0.5, 0.6) is 0 Å². The van der Waals surface area contributed by atoms with Crippen molar-refractivity contribution in [1.29, 1.82) is 5.26 Å².